The van der Waals surface area contributed by atoms with Crippen LogP contribution in [0.25, 0.3) is 11.5 Å². The lowest BCUT2D eigenvalue weighted by atomic mass is 10.2. The van der Waals surface area contributed by atoms with Gasteiger partial charge in [-0.2, -0.15) is 0 Å². The van der Waals surface area contributed by atoms with Gasteiger partial charge in [0.25, 0.3) is 0 Å². The topological polar surface area (TPSA) is 97.1 Å². The lowest BCUT2D eigenvalue weighted by Crippen LogP contribution is -2.29. The van der Waals surface area contributed by atoms with E-state index in [0.717, 1.165) is 5.56 Å². The Morgan fingerprint density at radius 3 is 2.62 bits per heavy atom. The van der Waals surface area contributed by atoms with Crippen molar-refractivity contribution in [2.24, 2.45) is 0 Å². The highest BCUT2D eigenvalue weighted by Gasteiger charge is 2.09. The number of nitrogens with one attached hydrogen (secondary N) is 2. The molecule has 2 amide bonds. The molecule has 21 heavy (non-hydrogen) atoms. The molecule has 1 aromatic heterocycles. The Morgan fingerprint density at radius 1 is 1.14 bits per heavy atom. The molecule has 2 rings (SSSR count). The molecule has 2 N–H and O–H groups in total. The normalized spacial score (nSPS) is 10.1. The fourth-order valence-corrected chi connectivity index (χ4v) is 1.64. The summed E-state index contributed by atoms with van der Waals surface area (Å²) in [4.78, 5) is 22.2. The van der Waals surface area contributed by atoms with Crippen LogP contribution in [-0.4, -0.2) is 28.6 Å². The molecule has 0 unspecified atom stereocenters. The van der Waals surface area contributed by atoms with E-state index < -0.39 is 0 Å². The van der Waals surface area contributed by atoms with Crippen molar-refractivity contribution in [3.63, 3.8) is 0 Å². The van der Waals surface area contributed by atoms with Gasteiger partial charge in [-0.3, -0.25) is 9.59 Å². The number of hydrogen-bond acceptors (Lipinski definition) is 5. The van der Waals surface area contributed by atoms with Gasteiger partial charge < -0.3 is 15.1 Å². The zero-order chi connectivity index (χ0) is 15.1. The Bertz CT molecular complexity index is 610. The maximum absolute atomic E-state index is 11.5. The SMILES string of the molecule is CC(=O)NCCC(=O)NCc1nnc(-c2ccccc2)o1. The van der Waals surface area contributed by atoms with Crippen LogP contribution in [0.5, 0.6) is 0 Å². The average molecular weight is 288 g/mol. The number of aromatic nitrogens is 2. The zero-order valence-corrected chi connectivity index (χ0v) is 11.6. The zero-order valence-electron chi connectivity index (χ0n) is 11.6. The lowest BCUT2D eigenvalue weighted by molar-refractivity contribution is -0.121. The third kappa shape index (κ3) is 4.72. The summed E-state index contributed by atoms with van der Waals surface area (Å²) in [6.07, 6.45) is 0.208. The summed E-state index contributed by atoms with van der Waals surface area (Å²) in [5, 5.41) is 13.0. The van der Waals surface area contributed by atoms with Gasteiger partial charge in [0.1, 0.15) is 0 Å². The highest BCUT2D eigenvalue weighted by atomic mass is 16.4. The first kappa shape index (κ1) is 14.7. The molecule has 0 bridgehead atoms. The quantitative estimate of drug-likeness (QED) is 0.822. The summed E-state index contributed by atoms with van der Waals surface area (Å²) < 4.78 is 5.46. The fourth-order valence-electron chi connectivity index (χ4n) is 1.64. The Kier molecular flexibility index (Phi) is 5.03. The fraction of sp³-hybridized carbons (Fsp3) is 0.286. The molecule has 0 radical (unpaired) electrons. The monoisotopic (exact) mass is 288 g/mol. The molecule has 0 aliphatic heterocycles. The molecule has 1 heterocycles. The van der Waals surface area contributed by atoms with Crippen molar-refractivity contribution in [1.29, 1.82) is 0 Å². The molecule has 0 aliphatic carbocycles. The molecule has 0 aliphatic rings. The van der Waals surface area contributed by atoms with E-state index >= 15 is 0 Å². The Labute approximate surface area is 121 Å². The van der Waals surface area contributed by atoms with Gasteiger partial charge in [-0.05, 0) is 12.1 Å². The molecule has 0 saturated heterocycles. The second-order valence-corrected chi connectivity index (χ2v) is 4.38. The number of nitrogens with zero attached hydrogens (tertiary/aromatic N) is 2. The van der Waals surface area contributed by atoms with Crippen LogP contribution in [0.1, 0.15) is 19.2 Å². The summed E-state index contributed by atoms with van der Waals surface area (Å²) in [6, 6.07) is 9.38. The van der Waals surface area contributed by atoms with Crippen molar-refractivity contribution in [3.05, 3.63) is 36.2 Å². The minimum atomic E-state index is -0.191. The summed E-state index contributed by atoms with van der Waals surface area (Å²) in [5.74, 6) is 0.398. The number of carbonyl (C=O) groups is 2. The lowest BCUT2D eigenvalue weighted by Gasteiger charge is -2.02. The van der Waals surface area contributed by atoms with Crippen LogP contribution >= 0.6 is 0 Å². The Morgan fingerprint density at radius 2 is 1.90 bits per heavy atom. The Balaban J connectivity index is 1.80. The summed E-state index contributed by atoms with van der Waals surface area (Å²) in [5.41, 5.74) is 0.827. The highest BCUT2D eigenvalue weighted by Crippen LogP contribution is 2.16. The molecule has 7 nitrogen and oxygen atoms in total. The summed E-state index contributed by atoms with van der Waals surface area (Å²) in [7, 11) is 0. The molecule has 0 atom stereocenters. The van der Waals surface area contributed by atoms with Crippen molar-refractivity contribution >= 4 is 11.8 Å². The number of benzene rings is 1. The van der Waals surface area contributed by atoms with E-state index in [1.807, 2.05) is 30.3 Å². The van der Waals surface area contributed by atoms with Crippen molar-refractivity contribution < 1.29 is 14.0 Å². The molecule has 0 saturated carbocycles. The van der Waals surface area contributed by atoms with Crippen LogP contribution in [0.4, 0.5) is 0 Å². The second-order valence-electron chi connectivity index (χ2n) is 4.38. The molecule has 1 aromatic carbocycles. The molecule has 0 spiro atoms. The van der Waals surface area contributed by atoms with Gasteiger partial charge in [-0.25, -0.2) is 0 Å². The van der Waals surface area contributed by atoms with Crippen molar-refractivity contribution in [2.45, 2.75) is 19.9 Å². The first-order valence-electron chi connectivity index (χ1n) is 6.54. The van der Waals surface area contributed by atoms with Gasteiger partial charge in [-0.15, -0.1) is 10.2 Å². The van der Waals surface area contributed by atoms with Crippen LogP contribution in [0.2, 0.25) is 0 Å². The number of amides is 2. The standard InChI is InChI=1S/C14H16N4O3/c1-10(19)15-8-7-12(20)16-9-13-17-18-14(21-13)11-5-3-2-4-6-11/h2-6H,7-9H2,1H3,(H,15,19)(H,16,20). The van der Waals surface area contributed by atoms with E-state index in [1.54, 1.807) is 0 Å². The first-order chi connectivity index (χ1) is 10.1. The van der Waals surface area contributed by atoms with Crippen LogP contribution in [0.3, 0.4) is 0 Å². The minimum Gasteiger partial charge on any atom is -0.419 e. The number of hydrogen-bond donors (Lipinski definition) is 2. The molecule has 2 aromatic rings. The van der Waals surface area contributed by atoms with Crippen LogP contribution in [-0.2, 0) is 16.1 Å². The van der Waals surface area contributed by atoms with E-state index in [4.69, 9.17) is 4.42 Å². The molecular weight excluding hydrogens is 272 g/mol. The van der Waals surface area contributed by atoms with Gasteiger partial charge in [0, 0.05) is 25.5 Å². The van der Waals surface area contributed by atoms with Crippen molar-refractivity contribution in [1.82, 2.24) is 20.8 Å². The van der Waals surface area contributed by atoms with Crippen LogP contribution in [0, 0.1) is 0 Å². The van der Waals surface area contributed by atoms with Gasteiger partial charge >= 0.3 is 0 Å². The van der Waals surface area contributed by atoms with E-state index in [2.05, 4.69) is 20.8 Å². The summed E-state index contributed by atoms with van der Waals surface area (Å²) >= 11 is 0. The van der Waals surface area contributed by atoms with Gasteiger partial charge in [0.15, 0.2) is 0 Å². The number of rotatable bonds is 6. The van der Waals surface area contributed by atoms with Crippen LogP contribution in [0.15, 0.2) is 34.7 Å². The summed E-state index contributed by atoms with van der Waals surface area (Å²) in [6.45, 7) is 1.88. The number of carbonyl (C=O) groups excluding carboxylic acids is 2. The smallest absolute Gasteiger partial charge is 0.247 e. The average Bonchev–Trinajstić information content (AvgIpc) is 2.94. The third-order valence-electron chi connectivity index (χ3n) is 2.65. The van der Waals surface area contributed by atoms with Gasteiger partial charge in [0.2, 0.25) is 23.6 Å². The Hall–Kier alpha value is -2.70. The predicted molar refractivity (Wildman–Crippen MR) is 74.9 cm³/mol. The highest BCUT2D eigenvalue weighted by molar-refractivity contribution is 5.77. The van der Waals surface area contributed by atoms with E-state index in [1.165, 1.54) is 6.92 Å². The maximum Gasteiger partial charge on any atom is 0.247 e. The predicted octanol–water partition coefficient (Wildman–Crippen LogP) is 0.879. The van der Waals surface area contributed by atoms with Gasteiger partial charge in [0.05, 0.1) is 6.54 Å². The first-order valence-corrected chi connectivity index (χ1v) is 6.54. The van der Waals surface area contributed by atoms with E-state index in [-0.39, 0.29) is 24.8 Å². The second kappa shape index (κ2) is 7.18. The van der Waals surface area contributed by atoms with E-state index in [0.29, 0.717) is 18.3 Å². The maximum atomic E-state index is 11.5. The third-order valence-corrected chi connectivity index (χ3v) is 2.65. The molecule has 0 fully saturated rings. The minimum absolute atomic E-state index is 0.160. The van der Waals surface area contributed by atoms with Crippen molar-refractivity contribution in [3.8, 4) is 11.5 Å². The van der Waals surface area contributed by atoms with E-state index in [9.17, 15) is 9.59 Å². The van der Waals surface area contributed by atoms with Gasteiger partial charge in [-0.1, -0.05) is 18.2 Å². The molecular formula is C14H16N4O3. The molecule has 110 valence electrons. The van der Waals surface area contributed by atoms with Crippen molar-refractivity contribution in [2.75, 3.05) is 6.54 Å². The molecule has 7 heteroatoms. The largest absolute Gasteiger partial charge is 0.419 e. The van der Waals surface area contributed by atoms with Crippen LogP contribution < -0.4 is 10.6 Å².